The van der Waals surface area contributed by atoms with Gasteiger partial charge in [-0.15, -0.1) is 0 Å². The number of pyridine rings is 1. The first-order valence-electron chi connectivity index (χ1n) is 11.6. The molecular weight excluding hydrogens is 468 g/mol. The van der Waals surface area contributed by atoms with E-state index in [4.69, 9.17) is 15.2 Å². The average Bonchev–Trinajstić information content (AvgIpc) is 3.08. The number of aromatic nitrogens is 1. The molecule has 6 atom stereocenters. The third-order valence-corrected chi connectivity index (χ3v) is 7.56. The van der Waals surface area contributed by atoms with Crippen LogP contribution in [-0.4, -0.2) is 42.1 Å². The largest absolute Gasteiger partial charge is 0.462 e. The van der Waals surface area contributed by atoms with Crippen molar-refractivity contribution in [3.05, 3.63) is 59.9 Å². The number of nitriles is 1. The standard InChI is InChI=1S/C27H27F2N3O4/c1-15-20(11-10-19-9-8-18(13-32-19)21-7-5-4-6-17(21)12-30)22-16(2)36-25(34)26(22,14-27(15,28)29)23(35-3)24(31)33/h4-11,13,15-16,20,22-23H,14H2,1-3H3,(H2,31,33)/t15-,16+,20-,22-,23-,26+/m0/s1. The number of nitrogens with two attached hydrogens (primary N) is 1. The molecule has 4 rings (SSSR count). The van der Waals surface area contributed by atoms with Gasteiger partial charge >= 0.3 is 5.97 Å². The van der Waals surface area contributed by atoms with Gasteiger partial charge in [-0.05, 0) is 31.1 Å². The van der Waals surface area contributed by atoms with E-state index in [1.807, 2.05) is 12.1 Å². The molecule has 0 radical (unpaired) electrons. The van der Waals surface area contributed by atoms with E-state index >= 15 is 8.78 Å². The minimum absolute atomic E-state index is 0.510. The molecule has 188 valence electrons. The summed E-state index contributed by atoms with van der Waals surface area (Å²) in [4.78, 5) is 29.6. The maximum Gasteiger partial charge on any atom is 0.316 e. The quantitative estimate of drug-likeness (QED) is 0.607. The molecule has 1 aliphatic heterocycles. The van der Waals surface area contributed by atoms with Crippen molar-refractivity contribution in [2.45, 2.75) is 38.4 Å². The number of cyclic esters (lactones) is 1. The number of allylic oxidation sites excluding steroid dienone is 1. The molecule has 36 heavy (non-hydrogen) atoms. The van der Waals surface area contributed by atoms with Gasteiger partial charge < -0.3 is 15.2 Å². The molecule has 1 amide bonds. The lowest BCUT2D eigenvalue weighted by molar-refractivity contribution is -0.195. The summed E-state index contributed by atoms with van der Waals surface area (Å²) in [7, 11) is 1.18. The summed E-state index contributed by atoms with van der Waals surface area (Å²) in [5, 5.41) is 9.34. The Hall–Kier alpha value is -3.64. The molecule has 0 unspecified atom stereocenters. The van der Waals surface area contributed by atoms with E-state index in [0.29, 0.717) is 11.3 Å². The molecular formula is C27H27F2N3O4. The topological polar surface area (TPSA) is 115 Å². The molecule has 2 fully saturated rings. The van der Waals surface area contributed by atoms with Gasteiger partial charge in [0.05, 0.1) is 17.3 Å². The molecule has 2 heterocycles. The average molecular weight is 496 g/mol. The third kappa shape index (κ3) is 4.05. The fourth-order valence-electron chi connectivity index (χ4n) is 5.84. The first-order chi connectivity index (χ1) is 17.1. The number of esters is 1. The Morgan fingerprint density at radius 2 is 2.03 bits per heavy atom. The van der Waals surface area contributed by atoms with Gasteiger partial charge in [-0.2, -0.15) is 5.26 Å². The Morgan fingerprint density at radius 3 is 2.64 bits per heavy atom. The number of rotatable bonds is 6. The maximum absolute atomic E-state index is 15.3. The van der Waals surface area contributed by atoms with E-state index < -0.39 is 59.6 Å². The number of primary amides is 1. The van der Waals surface area contributed by atoms with Crippen LogP contribution in [0.15, 0.2) is 48.7 Å². The van der Waals surface area contributed by atoms with Gasteiger partial charge in [0.1, 0.15) is 11.5 Å². The summed E-state index contributed by atoms with van der Waals surface area (Å²) in [5.41, 5.74) is 6.09. The van der Waals surface area contributed by atoms with Crippen LogP contribution in [-0.2, 0) is 19.1 Å². The van der Waals surface area contributed by atoms with E-state index in [0.717, 1.165) is 11.1 Å². The number of carbonyl (C=O) groups is 2. The fraction of sp³-hybridized carbons (Fsp3) is 0.407. The number of methoxy groups -OCH3 is 1. The number of amides is 1. The van der Waals surface area contributed by atoms with Crippen LogP contribution in [0.2, 0.25) is 0 Å². The zero-order valence-electron chi connectivity index (χ0n) is 20.2. The lowest BCUT2D eigenvalue weighted by Gasteiger charge is -2.49. The number of hydrogen-bond donors (Lipinski definition) is 1. The van der Waals surface area contributed by atoms with E-state index in [9.17, 15) is 14.9 Å². The van der Waals surface area contributed by atoms with Crippen LogP contribution in [0.5, 0.6) is 0 Å². The van der Waals surface area contributed by atoms with Crippen molar-refractivity contribution in [2.75, 3.05) is 7.11 Å². The number of nitrogens with zero attached hydrogens (tertiary/aromatic N) is 2. The van der Waals surface area contributed by atoms with E-state index in [2.05, 4.69) is 11.1 Å². The van der Waals surface area contributed by atoms with Crippen molar-refractivity contribution < 1.29 is 27.8 Å². The van der Waals surface area contributed by atoms with Gasteiger partial charge in [-0.3, -0.25) is 14.6 Å². The van der Waals surface area contributed by atoms with Crippen molar-refractivity contribution in [3.8, 4) is 17.2 Å². The molecule has 0 spiro atoms. The fourth-order valence-corrected chi connectivity index (χ4v) is 5.84. The highest BCUT2D eigenvalue weighted by Crippen LogP contribution is 2.61. The number of benzene rings is 1. The summed E-state index contributed by atoms with van der Waals surface area (Å²) >= 11 is 0. The molecule has 9 heteroatoms. The summed E-state index contributed by atoms with van der Waals surface area (Å²) in [6, 6.07) is 12.8. The Labute approximate surface area is 207 Å². The van der Waals surface area contributed by atoms with Gasteiger partial charge in [0.15, 0.2) is 6.10 Å². The number of fused-ring (bicyclic) bond motifs is 1. The van der Waals surface area contributed by atoms with Crippen molar-refractivity contribution in [1.82, 2.24) is 4.98 Å². The summed E-state index contributed by atoms with van der Waals surface area (Å²) in [6.07, 6.45) is 1.68. The second kappa shape index (κ2) is 9.43. The monoisotopic (exact) mass is 495 g/mol. The van der Waals surface area contributed by atoms with Gasteiger partial charge in [-0.25, -0.2) is 8.78 Å². The van der Waals surface area contributed by atoms with Gasteiger partial charge in [0.25, 0.3) is 5.92 Å². The van der Waals surface area contributed by atoms with Crippen LogP contribution in [0.25, 0.3) is 17.2 Å². The molecule has 1 aromatic heterocycles. The summed E-state index contributed by atoms with van der Waals surface area (Å²) in [5.74, 6) is -7.89. The maximum atomic E-state index is 15.3. The van der Waals surface area contributed by atoms with Gasteiger partial charge in [-0.1, -0.05) is 37.3 Å². The third-order valence-electron chi connectivity index (χ3n) is 7.56. The Balaban J connectivity index is 1.71. The molecule has 2 aliphatic rings. The highest BCUT2D eigenvalue weighted by atomic mass is 19.3. The first kappa shape index (κ1) is 25.5. The second-order valence-corrected chi connectivity index (χ2v) is 9.49. The van der Waals surface area contributed by atoms with Crippen molar-refractivity contribution in [3.63, 3.8) is 0 Å². The van der Waals surface area contributed by atoms with Crippen molar-refractivity contribution in [1.29, 1.82) is 5.26 Å². The molecule has 7 nitrogen and oxygen atoms in total. The number of carbonyl (C=O) groups excluding carboxylic acids is 2. The number of ether oxygens (including phenoxy) is 2. The molecule has 2 aromatic rings. The van der Waals surface area contributed by atoms with Crippen LogP contribution in [0.1, 0.15) is 31.5 Å². The van der Waals surface area contributed by atoms with E-state index in [1.54, 1.807) is 49.5 Å². The highest BCUT2D eigenvalue weighted by Gasteiger charge is 2.71. The number of halogens is 2. The van der Waals surface area contributed by atoms with Crippen LogP contribution in [0, 0.1) is 34.5 Å². The Bertz CT molecular complexity index is 1240. The minimum Gasteiger partial charge on any atom is -0.462 e. The zero-order valence-corrected chi connectivity index (χ0v) is 20.2. The molecule has 0 bridgehead atoms. The summed E-state index contributed by atoms with van der Waals surface area (Å²) in [6.45, 7) is 3.06. The second-order valence-electron chi connectivity index (χ2n) is 9.49. The van der Waals surface area contributed by atoms with E-state index in [-0.39, 0.29) is 0 Å². The smallest absolute Gasteiger partial charge is 0.316 e. The van der Waals surface area contributed by atoms with Gasteiger partial charge in [0, 0.05) is 42.7 Å². The molecule has 1 aliphatic carbocycles. The lowest BCUT2D eigenvalue weighted by Crippen LogP contribution is -2.61. The van der Waals surface area contributed by atoms with Crippen LogP contribution in [0.3, 0.4) is 0 Å². The molecule has 1 aromatic carbocycles. The van der Waals surface area contributed by atoms with Crippen LogP contribution < -0.4 is 5.73 Å². The zero-order chi connectivity index (χ0) is 26.3. The van der Waals surface area contributed by atoms with Crippen LogP contribution >= 0.6 is 0 Å². The molecule has 1 saturated heterocycles. The SMILES string of the molecule is CO[C@@H](C(N)=O)[C@@]12CC(F)(F)[C@@H](C)[C@H](C=Cc3ccc(-c4ccccc4C#N)cn3)[C@@H]1[C@@H](C)OC2=O. The normalized spacial score (nSPS) is 29.8. The first-order valence-corrected chi connectivity index (χ1v) is 11.6. The number of alkyl halides is 2. The predicted octanol–water partition coefficient (Wildman–Crippen LogP) is 3.97. The number of hydrogen-bond acceptors (Lipinski definition) is 6. The van der Waals surface area contributed by atoms with Gasteiger partial charge in [0.2, 0.25) is 5.91 Å². The molecule has 2 N–H and O–H groups in total. The van der Waals surface area contributed by atoms with Crippen molar-refractivity contribution >= 4 is 18.0 Å². The summed E-state index contributed by atoms with van der Waals surface area (Å²) < 4.78 is 41.3. The molecule has 1 saturated carbocycles. The van der Waals surface area contributed by atoms with E-state index in [1.165, 1.54) is 14.0 Å². The Morgan fingerprint density at radius 1 is 1.31 bits per heavy atom. The minimum atomic E-state index is -3.28. The lowest BCUT2D eigenvalue weighted by atomic mass is 9.54. The Kier molecular flexibility index (Phi) is 6.67. The van der Waals surface area contributed by atoms with Crippen LogP contribution in [0.4, 0.5) is 8.78 Å². The highest BCUT2D eigenvalue weighted by molar-refractivity contribution is 5.91. The van der Waals surface area contributed by atoms with Crippen molar-refractivity contribution in [2.24, 2.45) is 28.9 Å². The predicted molar refractivity (Wildman–Crippen MR) is 127 cm³/mol.